The van der Waals surface area contributed by atoms with Gasteiger partial charge in [0.15, 0.2) is 0 Å². The summed E-state index contributed by atoms with van der Waals surface area (Å²) >= 11 is 0. The van der Waals surface area contributed by atoms with E-state index in [0.29, 0.717) is 13.0 Å². The van der Waals surface area contributed by atoms with Gasteiger partial charge in [-0.3, -0.25) is 4.79 Å². The number of carbonyl (C=O) groups is 1. The Kier molecular flexibility index (Phi) is 3.99. The average Bonchev–Trinajstić information content (AvgIpc) is 3.16. The summed E-state index contributed by atoms with van der Waals surface area (Å²) in [5.74, 6) is -0.322. The highest BCUT2D eigenvalue weighted by Gasteiger charge is 2.48. The van der Waals surface area contributed by atoms with Crippen LogP contribution < -0.4 is 11.1 Å². The summed E-state index contributed by atoms with van der Waals surface area (Å²) in [5.41, 5.74) is 5.90. The molecule has 1 aromatic carbocycles. The van der Waals surface area contributed by atoms with Gasteiger partial charge in [-0.15, -0.1) is 0 Å². The van der Waals surface area contributed by atoms with Gasteiger partial charge in [0, 0.05) is 6.54 Å². The van der Waals surface area contributed by atoms with Gasteiger partial charge < -0.3 is 16.2 Å². The van der Waals surface area contributed by atoms with Crippen LogP contribution in [0.2, 0.25) is 0 Å². The number of aliphatic hydroxyl groups excluding tert-OH is 1. The van der Waals surface area contributed by atoms with Gasteiger partial charge >= 0.3 is 0 Å². The molecule has 1 aliphatic rings. The van der Waals surface area contributed by atoms with Crippen molar-refractivity contribution in [1.29, 1.82) is 0 Å². The van der Waals surface area contributed by atoms with E-state index in [2.05, 4.69) is 5.32 Å². The fourth-order valence-electron chi connectivity index (χ4n) is 1.90. The lowest BCUT2D eigenvalue weighted by molar-refractivity contribution is -0.121. The monoisotopic (exact) mass is 247 g/mol. The third-order valence-corrected chi connectivity index (χ3v) is 3.34. The Morgan fingerprint density at radius 1 is 1.44 bits per heavy atom. The van der Waals surface area contributed by atoms with Gasteiger partial charge in [-0.1, -0.05) is 30.3 Å². The molecule has 0 aliphatic heterocycles. The number of rotatable bonds is 7. The normalized spacial score (nSPS) is 18.3. The van der Waals surface area contributed by atoms with E-state index in [9.17, 15) is 9.90 Å². The van der Waals surface area contributed by atoms with Crippen LogP contribution in [0.5, 0.6) is 0 Å². The fourth-order valence-corrected chi connectivity index (χ4v) is 1.90. The zero-order valence-corrected chi connectivity index (χ0v) is 10.3. The maximum absolute atomic E-state index is 11.1. The lowest BCUT2D eigenvalue weighted by Gasteiger charge is -2.16. The molecule has 0 aromatic heterocycles. The van der Waals surface area contributed by atoms with Crippen molar-refractivity contribution in [2.75, 3.05) is 6.54 Å². The molecule has 18 heavy (non-hydrogen) atoms. The minimum Gasteiger partial charge on any atom is -0.391 e. The van der Waals surface area contributed by atoms with E-state index in [1.807, 2.05) is 36.8 Å². The van der Waals surface area contributed by atoms with Gasteiger partial charge in [0.05, 0.1) is 11.6 Å². The van der Waals surface area contributed by atoms with Crippen LogP contribution in [0.3, 0.4) is 0 Å². The van der Waals surface area contributed by atoms with Gasteiger partial charge in [0.2, 0.25) is 5.91 Å². The van der Waals surface area contributed by atoms with Crippen molar-refractivity contribution >= 4 is 5.91 Å². The fraction of sp³-hybridized carbons (Fsp3) is 0.429. The highest BCUT2D eigenvalue weighted by atomic mass is 16.3. The number of nitrogens with two attached hydrogens (primary N) is 1. The zero-order valence-electron chi connectivity index (χ0n) is 10.3. The predicted molar refractivity (Wildman–Crippen MR) is 69.6 cm³/mol. The van der Waals surface area contributed by atoms with Crippen LogP contribution in [0.1, 0.15) is 18.4 Å². The molecule has 1 aliphatic carbocycles. The molecule has 1 atom stereocenters. The summed E-state index contributed by atoms with van der Waals surface area (Å²) in [6.45, 7) is 0.371. The Morgan fingerprint density at radius 3 is 2.67 bits per heavy atom. The van der Waals surface area contributed by atoms with Gasteiger partial charge in [-0.2, -0.15) is 0 Å². The van der Waals surface area contributed by atoms with Gasteiger partial charge in [0.25, 0.3) is 0 Å². The van der Waals surface area contributed by atoms with Crippen LogP contribution in [0, 0.1) is 6.42 Å². The largest absolute Gasteiger partial charge is 0.391 e. The maximum Gasteiger partial charge on any atom is 0.237 e. The zero-order chi connectivity index (χ0) is 13.0. The van der Waals surface area contributed by atoms with E-state index in [-0.39, 0.29) is 5.91 Å². The lowest BCUT2D eigenvalue weighted by atomic mass is 10.1. The van der Waals surface area contributed by atoms with Crippen LogP contribution in [-0.2, 0) is 11.2 Å². The minimum atomic E-state index is -0.568. The maximum atomic E-state index is 11.1. The highest BCUT2D eigenvalue weighted by molar-refractivity contribution is 5.87. The molecule has 1 radical (unpaired) electrons. The summed E-state index contributed by atoms with van der Waals surface area (Å²) < 4.78 is 0. The molecule has 2 rings (SSSR count). The third-order valence-electron chi connectivity index (χ3n) is 3.34. The first-order valence-corrected chi connectivity index (χ1v) is 6.23. The van der Waals surface area contributed by atoms with Crippen molar-refractivity contribution < 1.29 is 9.90 Å². The second-order valence-corrected chi connectivity index (χ2v) is 4.82. The van der Waals surface area contributed by atoms with E-state index < -0.39 is 11.6 Å². The highest BCUT2D eigenvalue weighted by Crippen LogP contribution is 2.34. The second kappa shape index (κ2) is 5.50. The Hall–Kier alpha value is -1.39. The van der Waals surface area contributed by atoms with Crippen molar-refractivity contribution in [1.82, 2.24) is 5.32 Å². The Morgan fingerprint density at radius 2 is 2.11 bits per heavy atom. The average molecular weight is 247 g/mol. The molecule has 1 saturated carbocycles. The van der Waals surface area contributed by atoms with Crippen molar-refractivity contribution in [2.24, 2.45) is 5.73 Å². The van der Waals surface area contributed by atoms with E-state index in [1.165, 1.54) is 0 Å². The molecule has 1 fully saturated rings. The van der Waals surface area contributed by atoms with Crippen molar-refractivity contribution in [3.63, 3.8) is 0 Å². The number of benzene rings is 1. The SMILES string of the molecule is NC(=O)C1(NC[C@H](O)[CH]Cc2ccccc2)CC1. The van der Waals surface area contributed by atoms with E-state index in [4.69, 9.17) is 5.73 Å². The Bertz CT molecular complexity index is 402. The van der Waals surface area contributed by atoms with Gasteiger partial charge in [-0.25, -0.2) is 0 Å². The molecule has 0 saturated heterocycles. The first-order valence-electron chi connectivity index (χ1n) is 6.23. The molecule has 1 amide bonds. The lowest BCUT2D eigenvalue weighted by Crippen LogP contribution is -2.46. The van der Waals surface area contributed by atoms with Crippen molar-refractivity contribution in [3.8, 4) is 0 Å². The number of aliphatic hydroxyl groups is 1. The first-order chi connectivity index (χ1) is 8.62. The summed E-state index contributed by atoms with van der Waals surface area (Å²) in [4.78, 5) is 11.1. The smallest absolute Gasteiger partial charge is 0.237 e. The summed E-state index contributed by atoms with van der Waals surface area (Å²) in [6.07, 6.45) is 3.52. The number of hydrogen-bond donors (Lipinski definition) is 3. The molecule has 4 nitrogen and oxygen atoms in total. The number of amides is 1. The molecule has 0 spiro atoms. The van der Waals surface area contributed by atoms with Crippen LogP contribution in [0.25, 0.3) is 0 Å². The van der Waals surface area contributed by atoms with E-state index in [0.717, 1.165) is 18.4 Å². The minimum absolute atomic E-state index is 0.322. The number of carbonyl (C=O) groups excluding carboxylic acids is 1. The molecule has 4 N–H and O–H groups in total. The number of primary amides is 1. The molecular weight excluding hydrogens is 228 g/mol. The van der Waals surface area contributed by atoms with Crippen LogP contribution in [-0.4, -0.2) is 29.2 Å². The van der Waals surface area contributed by atoms with Gasteiger partial charge in [-0.05, 0) is 31.2 Å². The summed E-state index contributed by atoms with van der Waals surface area (Å²) in [5, 5.41) is 12.9. The molecule has 0 heterocycles. The van der Waals surface area contributed by atoms with Gasteiger partial charge in [0.1, 0.15) is 0 Å². The predicted octanol–water partition coefficient (Wildman–Crippen LogP) is 0.402. The standard InChI is InChI=1S/C14H19N2O2/c15-13(18)14(8-9-14)16-10-12(17)7-6-11-4-2-1-3-5-11/h1-5,7,12,16-17H,6,8-10H2,(H2,15,18)/t12-/m1/s1. The topological polar surface area (TPSA) is 75.4 Å². The third kappa shape index (κ3) is 3.31. The molecule has 4 heteroatoms. The molecule has 1 aromatic rings. The molecule has 0 bridgehead atoms. The first kappa shape index (κ1) is 13.1. The summed E-state index contributed by atoms with van der Waals surface area (Å²) in [7, 11) is 0. The van der Waals surface area contributed by atoms with E-state index >= 15 is 0 Å². The van der Waals surface area contributed by atoms with Crippen LogP contribution in [0.4, 0.5) is 0 Å². The number of β-amino-alcohol motifs (C(OH)–C–C–N with tert-alkyl or cyclic N) is 1. The second-order valence-electron chi connectivity index (χ2n) is 4.82. The van der Waals surface area contributed by atoms with Crippen LogP contribution in [0.15, 0.2) is 30.3 Å². The number of nitrogens with one attached hydrogen (secondary N) is 1. The summed E-state index contributed by atoms with van der Waals surface area (Å²) in [6, 6.07) is 9.94. The molecule has 0 unspecified atom stereocenters. The number of hydrogen-bond acceptors (Lipinski definition) is 3. The molecular formula is C14H19N2O2. The van der Waals surface area contributed by atoms with Crippen molar-refractivity contribution in [2.45, 2.75) is 30.9 Å². The van der Waals surface area contributed by atoms with E-state index in [1.54, 1.807) is 0 Å². The van der Waals surface area contributed by atoms with Crippen molar-refractivity contribution in [3.05, 3.63) is 42.3 Å². The molecule has 97 valence electrons. The quantitative estimate of drug-likeness (QED) is 0.653. The Labute approximate surface area is 107 Å². The Balaban J connectivity index is 1.70. The van der Waals surface area contributed by atoms with Crippen LogP contribution >= 0.6 is 0 Å².